The number of nitrogens with two attached hydrogens (primary N) is 1. The van der Waals surface area contributed by atoms with Crippen LogP contribution in [0.25, 0.3) is 6.08 Å². The van der Waals surface area contributed by atoms with Crippen molar-refractivity contribution >= 4 is 29.2 Å². The fourth-order valence-electron chi connectivity index (χ4n) is 6.02. The maximum absolute atomic E-state index is 13.3. The van der Waals surface area contributed by atoms with Crippen molar-refractivity contribution in [1.82, 2.24) is 9.80 Å². The molecule has 1 unspecified atom stereocenters. The molecule has 2 fully saturated rings. The van der Waals surface area contributed by atoms with Crippen molar-refractivity contribution in [3.63, 3.8) is 0 Å². The molecule has 7 nitrogen and oxygen atoms in total. The van der Waals surface area contributed by atoms with E-state index in [1.54, 1.807) is 0 Å². The molecule has 196 valence electrons. The van der Waals surface area contributed by atoms with E-state index >= 15 is 0 Å². The zero-order valence-corrected chi connectivity index (χ0v) is 22.1. The predicted octanol–water partition coefficient (Wildman–Crippen LogP) is 4.26. The highest BCUT2D eigenvalue weighted by atomic mass is 16.3. The quantitative estimate of drug-likeness (QED) is 0.528. The average molecular weight is 502 g/mol. The molecule has 2 aromatic carbocycles. The summed E-state index contributed by atoms with van der Waals surface area (Å²) in [5.74, 6) is 0.502. The third-order valence-corrected chi connectivity index (χ3v) is 7.87. The number of anilines is 1. The summed E-state index contributed by atoms with van der Waals surface area (Å²) in [5, 5.41) is 11.1. The van der Waals surface area contributed by atoms with Gasteiger partial charge >= 0.3 is 0 Å². The first kappa shape index (κ1) is 25.5. The number of hydrogen-bond acceptors (Lipinski definition) is 6. The van der Waals surface area contributed by atoms with Gasteiger partial charge in [-0.05, 0) is 55.2 Å². The second-order valence-electron chi connectivity index (χ2n) is 10.9. The van der Waals surface area contributed by atoms with E-state index in [1.165, 1.54) is 5.69 Å². The Kier molecular flexibility index (Phi) is 7.36. The number of amides is 1. The van der Waals surface area contributed by atoms with Gasteiger partial charge in [0.2, 0.25) is 0 Å². The molecule has 2 aromatic rings. The van der Waals surface area contributed by atoms with Crippen LogP contribution < -0.4 is 10.6 Å². The smallest absolute Gasteiger partial charge is 0.253 e. The van der Waals surface area contributed by atoms with Gasteiger partial charge in [0.1, 0.15) is 12.1 Å². The molecule has 1 spiro atoms. The molecule has 0 radical (unpaired) electrons. The molecule has 0 bridgehead atoms. The number of aliphatic hydroxyl groups excluding tert-OH is 1. The van der Waals surface area contributed by atoms with Crippen LogP contribution in [-0.2, 0) is 0 Å². The Balaban J connectivity index is 1.28. The lowest BCUT2D eigenvalue weighted by Crippen LogP contribution is -2.59. The number of fused-ring (bicyclic) bond motifs is 1. The number of likely N-dealkylation sites (tertiary alicyclic amines) is 1. The van der Waals surface area contributed by atoms with Crippen molar-refractivity contribution in [2.24, 2.45) is 16.1 Å². The molecular formula is C30H39N5O2. The van der Waals surface area contributed by atoms with Gasteiger partial charge in [0, 0.05) is 67.9 Å². The molecule has 0 aromatic heterocycles. The van der Waals surface area contributed by atoms with Crippen LogP contribution in [0.3, 0.4) is 0 Å². The second-order valence-corrected chi connectivity index (χ2v) is 10.9. The van der Waals surface area contributed by atoms with Gasteiger partial charge in [-0.25, -0.2) is 4.99 Å². The van der Waals surface area contributed by atoms with Crippen molar-refractivity contribution in [1.29, 1.82) is 0 Å². The minimum Gasteiger partial charge on any atom is -0.387 e. The fraction of sp³-hybridized carbons (Fsp3) is 0.467. The lowest BCUT2D eigenvalue weighted by Gasteiger charge is -2.48. The molecule has 3 N–H and O–H groups in total. The van der Waals surface area contributed by atoms with E-state index in [1.807, 2.05) is 35.2 Å². The average Bonchev–Trinajstić information content (AvgIpc) is 3.26. The van der Waals surface area contributed by atoms with Crippen LogP contribution in [0, 0.1) is 5.41 Å². The summed E-state index contributed by atoms with van der Waals surface area (Å²) >= 11 is 0. The van der Waals surface area contributed by atoms with Gasteiger partial charge in [-0.2, -0.15) is 0 Å². The van der Waals surface area contributed by atoms with Crippen LogP contribution in [0.15, 0.2) is 59.1 Å². The van der Waals surface area contributed by atoms with Crippen LogP contribution in [0.2, 0.25) is 0 Å². The maximum atomic E-state index is 13.3. The highest BCUT2D eigenvalue weighted by Gasteiger charge is 2.49. The topological polar surface area (TPSA) is 85.4 Å². The Bertz CT molecular complexity index is 1180. The Hall–Kier alpha value is -3.16. The lowest BCUT2D eigenvalue weighted by molar-refractivity contribution is 0.0167. The van der Waals surface area contributed by atoms with E-state index in [0.717, 1.165) is 69.7 Å². The first-order valence-electron chi connectivity index (χ1n) is 13.6. The molecule has 1 amide bonds. The summed E-state index contributed by atoms with van der Waals surface area (Å²) in [5.41, 5.74) is 10.8. The number of benzene rings is 2. The number of rotatable bonds is 8. The Morgan fingerprint density at radius 1 is 1.11 bits per heavy atom. The van der Waals surface area contributed by atoms with Crippen LogP contribution in [0.4, 0.5) is 11.4 Å². The van der Waals surface area contributed by atoms with Gasteiger partial charge in [-0.3, -0.25) is 9.69 Å². The van der Waals surface area contributed by atoms with E-state index in [-0.39, 0.29) is 11.3 Å². The zero-order valence-electron chi connectivity index (χ0n) is 22.1. The van der Waals surface area contributed by atoms with E-state index in [2.05, 4.69) is 52.9 Å². The predicted molar refractivity (Wildman–Crippen MR) is 150 cm³/mol. The van der Waals surface area contributed by atoms with Gasteiger partial charge < -0.3 is 20.6 Å². The van der Waals surface area contributed by atoms with Crippen LogP contribution in [0.1, 0.15) is 55.5 Å². The summed E-state index contributed by atoms with van der Waals surface area (Å²) in [4.78, 5) is 24.4. The number of carbonyl (C=O) groups is 1. The summed E-state index contributed by atoms with van der Waals surface area (Å²) in [6.07, 6.45) is 4.76. The van der Waals surface area contributed by atoms with Crippen LogP contribution in [0.5, 0.6) is 0 Å². The zero-order chi connectivity index (χ0) is 26.0. The third-order valence-electron chi connectivity index (χ3n) is 7.87. The maximum Gasteiger partial charge on any atom is 0.253 e. The number of amidine groups is 1. The molecule has 7 heteroatoms. The first-order chi connectivity index (χ1) is 17.9. The van der Waals surface area contributed by atoms with Gasteiger partial charge in [0.15, 0.2) is 0 Å². The number of carbonyl (C=O) groups excluding carboxylic acids is 1. The van der Waals surface area contributed by atoms with Gasteiger partial charge in [-0.1, -0.05) is 38.1 Å². The molecule has 3 aliphatic heterocycles. The molecular weight excluding hydrogens is 462 g/mol. The molecule has 2 saturated heterocycles. The minimum atomic E-state index is -0.694. The van der Waals surface area contributed by atoms with E-state index in [4.69, 9.17) is 5.73 Å². The number of aliphatic imine (C=N–C) groups is 1. The summed E-state index contributed by atoms with van der Waals surface area (Å²) in [7, 11) is 0. The molecule has 0 aliphatic carbocycles. The summed E-state index contributed by atoms with van der Waals surface area (Å²) in [6.45, 7) is 9.49. The van der Waals surface area contributed by atoms with Crippen LogP contribution in [-0.4, -0.2) is 72.1 Å². The molecule has 0 saturated carbocycles. The van der Waals surface area contributed by atoms with Crippen molar-refractivity contribution in [3.8, 4) is 0 Å². The van der Waals surface area contributed by atoms with Crippen molar-refractivity contribution in [2.75, 3.05) is 44.2 Å². The number of para-hydroxylation sites is 1. The van der Waals surface area contributed by atoms with E-state index < -0.39 is 6.23 Å². The van der Waals surface area contributed by atoms with Crippen molar-refractivity contribution in [3.05, 3.63) is 65.2 Å². The third kappa shape index (κ3) is 5.29. The second kappa shape index (κ2) is 10.7. The normalized spacial score (nSPS) is 19.2. The monoisotopic (exact) mass is 501 g/mol. The molecule has 1 atom stereocenters. The number of aliphatic hydroxyl groups is 1. The molecule has 37 heavy (non-hydrogen) atoms. The number of nitrogens with zero attached hydrogens (tertiary/aromatic N) is 4. The Morgan fingerprint density at radius 3 is 2.54 bits per heavy atom. The van der Waals surface area contributed by atoms with E-state index in [9.17, 15) is 9.90 Å². The SMILES string of the molecule is CCCN(CCC)C(O)C1=Cc2ccc(C(=O)N3CC4(CCN(c5ccccc5)C4)C3)cc2N=C(N)C1. The van der Waals surface area contributed by atoms with Gasteiger partial charge in [0.25, 0.3) is 5.91 Å². The number of hydrogen-bond donors (Lipinski definition) is 2. The molecule has 5 rings (SSSR count). The lowest BCUT2D eigenvalue weighted by atomic mass is 9.78. The Morgan fingerprint density at radius 2 is 1.84 bits per heavy atom. The largest absolute Gasteiger partial charge is 0.387 e. The van der Waals surface area contributed by atoms with Gasteiger partial charge in [-0.15, -0.1) is 0 Å². The molecule has 3 heterocycles. The Labute approximate surface area is 220 Å². The van der Waals surface area contributed by atoms with E-state index in [0.29, 0.717) is 23.5 Å². The molecule has 3 aliphatic rings. The van der Waals surface area contributed by atoms with Crippen LogP contribution >= 0.6 is 0 Å². The summed E-state index contributed by atoms with van der Waals surface area (Å²) in [6, 6.07) is 16.2. The fourth-order valence-corrected chi connectivity index (χ4v) is 6.02. The standard InChI is InChI=1S/C30H39N5O2/c1-3-13-33(14-4-2)29(37)24-16-22-10-11-23(17-26(22)32-27(31)18-24)28(36)35-20-30(21-35)12-15-34(19-30)25-8-6-5-7-9-25/h5-11,16-17,29,37H,3-4,12-15,18-21H2,1-2H3,(H2,31,32). The van der Waals surface area contributed by atoms with Crippen molar-refractivity contribution < 1.29 is 9.90 Å². The summed E-state index contributed by atoms with van der Waals surface area (Å²) < 4.78 is 0. The first-order valence-corrected chi connectivity index (χ1v) is 13.6. The van der Waals surface area contributed by atoms with Gasteiger partial charge in [0.05, 0.1) is 5.69 Å². The highest BCUT2D eigenvalue weighted by molar-refractivity contribution is 5.97. The van der Waals surface area contributed by atoms with Crippen molar-refractivity contribution in [2.45, 2.75) is 45.8 Å². The highest BCUT2D eigenvalue weighted by Crippen LogP contribution is 2.42. The minimum absolute atomic E-state index is 0.0471.